The summed E-state index contributed by atoms with van der Waals surface area (Å²) in [6, 6.07) is 0. The zero-order chi connectivity index (χ0) is 12.6. The molecule has 1 amide bonds. The Labute approximate surface area is 98.9 Å². The molecular formula is C12H26N2O2. The number of rotatable bonds is 8. The van der Waals surface area contributed by atoms with Crippen molar-refractivity contribution < 1.29 is 9.53 Å². The topological polar surface area (TPSA) is 64.3 Å². The zero-order valence-electron chi connectivity index (χ0n) is 11.0. The largest absolute Gasteiger partial charge is 0.370 e. The third kappa shape index (κ3) is 8.68. The number of carbonyl (C=O) groups excluding carboxylic acids is 1. The summed E-state index contributed by atoms with van der Waals surface area (Å²) in [7, 11) is 0. The fourth-order valence-electron chi connectivity index (χ4n) is 1.03. The Morgan fingerprint density at radius 3 is 2.62 bits per heavy atom. The lowest BCUT2D eigenvalue weighted by Gasteiger charge is -2.22. The van der Waals surface area contributed by atoms with Crippen LogP contribution in [0.25, 0.3) is 0 Å². The quantitative estimate of drug-likeness (QED) is 0.660. The van der Waals surface area contributed by atoms with E-state index >= 15 is 0 Å². The average molecular weight is 230 g/mol. The Balaban J connectivity index is 3.51. The SMILES string of the molecule is CCC(C)(N)COCC(=O)NCCC(C)C. The summed E-state index contributed by atoms with van der Waals surface area (Å²) < 4.78 is 5.27. The van der Waals surface area contributed by atoms with Crippen LogP contribution in [0.3, 0.4) is 0 Å². The Morgan fingerprint density at radius 1 is 1.50 bits per heavy atom. The van der Waals surface area contributed by atoms with Gasteiger partial charge >= 0.3 is 0 Å². The number of hydrogen-bond acceptors (Lipinski definition) is 3. The van der Waals surface area contributed by atoms with Crippen molar-refractivity contribution in [1.29, 1.82) is 0 Å². The highest BCUT2D eigenvalue weighted by Crippen LogP contribution is 2.04. The van der Waals surface area contributed by atoms with Crippen LogP contribution in [-0.4, -0.2) is 31.2 Å². The molecule has 0 aromatic carbocycles. The summed E-state index contributed by atoms with van der Waals surface area (Å²) in [5, 5.41) is 2.81. The third-order valence-corrected chi connectivity index (χ3v) is 2.52. The summed E-state index contributed by atoms with van der Waals surface area (Å²) in [4.78, 5) is 11.3. The van der Waals surface area contributed by atoms with Crippen LogP contribution < -0.4 is 11.1 Å². The second-order valence-corrected chi connectivity index (χ2v) is 5.03. The number of nitrogens with two attached hydrogens (primary N) is 1. The molecule has 0 aromatic rings. The first kappa shape index (κ1) is 15.4. The molecule has 0 heterocycles. The molecule has 0 radical (unpaired) electrons. The molecule has 4 nitrogen and oxygen atoms in total. The van der Waals surface area contributed by atoms with Gasteiger partial charge in [-0.2, -0.15) is 0 Å². The molecule has 0 bridgehead atoms. The van der Waals surface area contributed by atoms with Crippen molar-refractivity contribution in [2.24, 2.45) is 11.7 Å². The molecule has 0 aromatic heterocycles. The molecule has 0 aliphatic heterocycles. The molecule has 0 fully saturated rings. The zero-order valence-corrected chi connectivity index (χ0v) is 11.0. The minimum Gasteiger partial charge on any atom is -0.370 e. The van der Waals surface area contributed by atoms with E-state index in [2.05, 4.69) is 19.2 Å². The molecule has 1 atom stereocenters. The smallest absolute Gasteiger partial charge is 0.245 e. The van der Waals surface area contributed by atoms with E-state index in [1.807, 2.05) is 13.8 Å². The highest BCUT2D eigenvalue weighted by Gasteiger charge is 2.16. The van der Waals surface area contributed by atoms with Crippen molar-refractivity contribution in [3.05, 3.63) is 0 Å². The van der Waals surface area contributed by atoms with Crippen LogP contribution in [0.4, 0.5) is 0 Å². The first-order valence-corrected chi connectivity index (χ1v) is 6.00. The molecule has 4 heteroatoms. The maximum absolute atomic E-state index is 11.3. The fourth-order valence-corrected chi connectivity index (χ4v) is 1.03. The van der Waals surface area contributed by atoms with E-state index in [0.717, 1.165) is 12.8 Å². The minimum atomic E-state index is -0.335. The highest BCUT2D eigenvalue weighted by molar-refractivity contribution is 5.77. The fraction of sp³-hybridized carbons (Fsp3) is 0.917. The van der Waals surface area contributed by atoms with Gasteiger partial charge in [-0.15, -0.1) is 0 Å². The van der Waals surface area contributed by atoms with Crippen molar-refractivity contribution in [3.63, 3.8) is 0 Å². The van der Waals surface area contributed by atoms with Gasteiger partial charge in [0.2, 0.25) is 5.91 Å². The number of nitrogens with one attached hydrogen (secondary N) is 1. The van der Waals surface area contributed by atoms with E-state index in [1.54, 1.807) is 0 Å². The third-order valence-electron chi connectivity index (χ3n) is 2.52. The van der Waals surface area contributed by atoms with Crippen molar-refractivity contribution >= 4 is 5.91 Å². The van der Waals surface area contributed by atoms with Gasteiger partial charge in [0.1, 0.15) is 6.61 Å². The van der Waals surface area contributed by atoms with Gasteiger partial charge in [0.05, 0.1) is 6.61 Å². The molecule has 0 saturated heterocycles. The summed E-state index contributed by atoms with van der Waals surface area (Å²) >= 11 is 0. The van der Waals surface area contributed by atoms with E-state index < -0.39 is 0 Å². The number of carbonyl (C=O) groups is 1. The Hall–Kier alpha value is -0.610. The predicted molar refractivity (Wildman–Crippen MR) is 66.2 cm³/mol. The van der Waals surface area contributed by atoms with Crippen LogP contribution in [0.1, 0.15) is 40.5 Å². The van der Waals surface area contributed by atoms with Crippen LogP contribution in [0.5, 0.6) is 0 Å². The van der Waals surface area contributed by atoms with Gasteiger partial charge in [0.15, 0.2) is 0 Å². The van der Waals surface area contributed by atoms with Crippen molar-refractivity contribution in [2.75, 3.05) is 19.8 Å². The standard InChI is InChI=1S/C12H26N2O2/c1-5-12(4,13)9-16-8-11(15)14-7-6-10(2)3/h10H,5-9,13H2,1-4H3,(H,14,15). The molecule has 3 N–H and O–H groups in total. The van der Waals surface area contributed by atoms with Gasteiger partial charge < -0.3 is 15.8 Å². The normalized spacial score (nSPS) is 14.9. The van der Waals surface area contributed by atoms with E-state index in [4.69, 9.17) is 10.5 Å². The summed E-state index contributed by atoms with van der Waals surface area (Å²) in [6.07, 6.45) is 1.83. The summed E-state index contributed by atoms with van der Waals surface area (Å²) in [5.74, 6) is 0.543. The van der Waals surface area contributed by atoms with Gasteiger partial charge in [0, 0.05) is 12.1 Å². The molecule has 96 valence electrons. The number of hydrogen-bond donors (Lipinski definition) is 2. The average Bonchev–Trinajstić information content (AvgIpc) is 2.17. The molecule has 0 aliphatic rings. The maximum Gasteiger partial charge on any atom is 0.245 e. The number of amides is 1. The maximum atomic E-state index is 11.3. The van der Waals surface area contributed by atoms with E-state index in [-0.39, 0.29) is 18.1 Å². The van der Waals surface area contributed by atoms with Crippen molar-refractivity contribution in [2.45, 2.75) is 46.1 Å². The van der Waals surface area contributed by atoms with Crippen LogP contribution >= 0.6 is 0 Å². The van der Waals surface area contributed by atoms with E-state index in [1.165, 1.54) is 0 Å². The summed E-state index contributed by atoms with van der Waals surface area (Å²) in [6.45, 7) is 9.42. The van der Waals surface area contributed by atoms with E-state index in [9.17, 15) is 4.79 Å². The summed E-state index contributed by atoms with van der Waals surface area (Å²) in [5.41, 5.74) is 5.55. The van der Waals surface area contributed by atoms with Crippen LogP contribution in [0.2, 0.25) is 0 Å². The Bertz CT molecular complexity index is 203. The van der Waals surface area contributed by atoms with Crippen LogP contribution in [-0.2, 0) is 9.53 Å². The predicted octanol–water partition coefficient (Wildman–Crippen LogP) is 1.29. The van der Waals surface area contributed by atoms with Crippen LogP contribution in [0, 0.1) is 5.92 Å². The van der Waals surface area contributed by atoms with Crippen LogP contribution in [0.15, 0.2) is 0 Å². The molecule has 0 spiro atoms. The van der Waals surface area contributed by atoms with Gasteiger partial charge in [-0.3, -0.25) is 4.79 Å². The molecule has 0 aliphatic carbocycles. The van der Waals surface area contributed by atoms with E-state index in [0.29, 0.717) is 19.1 Å². The molecular weight excluding hydrogens is 204 g/mol. The Kier molecular flexibility index (Phi) is 7.34. The molecule has 1 unspecified atom stereocenters. The molecule has 0 saturated carbocycles. The first-order valence-electron chi connectivity index (χ1n) is 6.00. The lowest BCUT2D eigenvalue weighted by molar-refractivity contribution is -0.126. The van der Waals surface area contributed by atoms with Crippen molar-refractivity contribution in [3.8, 4) is 0 Å². The second-order valence-electron chi connectivity index (χ2n) is 5.03. The van der Waals surface area contributed by atoms with Gasteiger partial charge in [0.25, 0.3) is 0 Å². The molecule has 16 heavy (non-hydrogen) atoms. The second kappa shape index (κ2) is 7.63. The lowest BCUT2D eigenvalue weighted by Crippen LogP contribution is -2.41. The van der Waals surface area contributed by atoms with Gasteiger partial charge in [-0.1, -0.05) is 20.8 Å². The molecule has 0 rings (SSSR count). The van der Waals surface area contributed by atoms with Crippen molar-refractivity contribution in [1.82, 2.24) is 5.32 Å². The highest BCUT2D eigenvalue weighted by atomic mass is 16.5. The van der Waals surface area contributed by atoms with Gasteiger partial charge in [-0.25, -0.2) is 0 Å². The van der Waals surface area contributed by atoms with Gasteiger partial charge in [-0.05, 0) is 25.7 Å². The Morgan fingerprint density at radius 2 is 2.12 bits per heavy atom. The minimum absolute atomic E-state index is 0.0625. The monoisotopic (exact) mass is 230 g/mol. The number of ether oxygens (including phenoxy) is 1. The first-order chi connectivity index (χ1) is 7.37. The lowest BCUT2D eigenvalue weighted by atomic mass is 10.0.